The lowest BCUT2D eigenvalue weighted by atomic mass is 10.1. The first-order valence-corrected chi connectivity index (χ1v) is 9.09. The number of hydrogen-bond acceptors (Lipinski definition) is 4. The van der Waals surface area contributed by atoms with Gasteiger partial charge in [0.05, 0.1) is 6.10 Å². The summed E-state index contributed by atoms with van der Waals surface area (Å²) in [5.74, 6) is 0.204. The maximum absolute atomic E-state index is 12.4. The maximum atomic E-state index is 12.4. The maximum Gasteiger partial charge on any atom is 0.251 e. The molecule has 1 aromatic heterocycles. The summed E-state index contributed by atoms with van der Waals surface area (Å²) in [6.45, 7) is 0. The number of aromatic nitrogens is 1. The quantitative estimate of drug-likeness (QED) is 0.692. The van der Waals surface area contributed by atoms with Gasteiger partial charge in [-0.15, -0.1) is 0 Å². The average molecular weight is 391 g/mol. The predicted octanol–water partition coefficient (Wildman–Crippen LogP) is 4.44. The molecule has 1 aliphatic carbocycles. The average Bonchev–Trinajstić information content (AvgIpc) is 3.19. The molecule has 2 N–H and O–H groups in total. The topological polar surface area (TPSA) is 75.4 Å². The molecule has 1 fully saturated rings. The molecule has 7 heteroatoms. The van der Waals surface area contributed by atoms with Crippen LogP contribution in [0.2, 0.25) is 10.0 Å². The minimum atomic E-state index is -0.330. The lowest BCUT2D eigenvalue weighted by molar-refractivity contribution is 0.0934. The van der Waals surface area contributed by atoms with Crippen LogP contribution in [0.5, 0.6) is 0 Å². The Labute approximate surface area is 159 Å². The van der Waals surface area contributed by atoms with Gasteiger partial charge in [0, 0.05) is 27.2 Å². The van der Waals surface area contributed by atoms with Crippen LogP contribution >= 0.6 is 23.2 Å². The van der Waals surface area contributed by atoms with Crippen molar-refractivity contribution in [2.45, 2.75) is 31.4 Å². The standard InChI is InChI=1S/C19H16Cl2N2O3/c20-12-5-11(6-13(21)8-12)19-23-16-4-1-10(7-17(16)26-19)18(25)22-14-2-3-15(24)9-14/h1,4-8,14-15,24H,2-3,9H2,(H,22,25). The van der Waals surface area contributed by atoms with E-state index in [1.54, 1.807) is 36.4 Å². The molecule has 5 nitrogen and oxygen atoms in total. The van der Waals surface area contributed by atoms with Crippen molar-refractivity contribution in [2.75, 3.05) is 0 Å². The van der Waals surface area contributed by atoms with E-state index in [4.69, 9.17) is 27.6 Å². The minimum absolute atomic E-state index is 0.00656. The molecule has 3 aromatic rings. The largest absolute Gasteiger partial charge is 0.436 e. The van der Waals surface area contributed by atoms with Crippen LogP contribution in [-0.2, 0) is 0 Å². The number of carbonyl (C=O) groups excluding carboxylic acids is 1. The van der Waals surface area contributed by atoms with Crippen molar-refractivity contribution >= 4 is 40.2 Å². The Morgan fingerprint density at radius 2 is 1.92 bits per heavy atom. The Morgan fingerprint density at radius 1 is 1.15 bits per heavy atom. The highest BCUT2D eigenvalue weighted by atomic mass is 35.5. The van der Waals surface area contributed by atoms with Crippen LogP contribution in [0.4, 0.5) is 0 Å². The summed E-state index contributed by atoms with van der Waals surface area (Å²) in [4.78, 5) is 16.9. The summed E-state index contributed by atoms with van der Waals surface area (Å²) < 4.78 is 5.79. The number of amides is 1. The van der Waals surface area contributed by atoms with Crippen LogP contribution in [0.15, 0.2) is 40.8 Å². The second-order valence-corrected chi connectivity index (χ2v) is 7.37. The van der Waals surface area contributed by atoms with Crippen LogP contribution in [0, 0.1) is 0 Å². The number of hydrogen-bond donors (Lipinski definition) is 2. The Hall–Kier alpha value is -2.08. The van der Waals surface area contributed by atoms with Crippen LogP contribution in [0.25, 0.3) is 22.6 Å². The molecule has 0 spiro atoms. The number of rotatable bonds is 3. The van der Waals surface area contributed by atoms with Crippen molar-refractivity contribution < 1.29 is 14.3 Å². The monoisotopic (exact) mass is 390 g/mol. The Morgan fingerprint density at radius 3 is 2.62 bits per heavy atom. The van der Waals surface area contributed by atoms with Crippen molar-refractivity contribution in [3.63, 3.8) is 0 Å². The zero-order valence-electron chi connectivity index (χ0n) is 13.7. The van der Waals surface area contributed by atoms with Crippen molar-refractivity contribution in [3.05, 3.63) is 52.0 Å². The second kappa shape index (κ2) is 6.91. The molecule has 26 heavy (non-hydrogen) atoms. The molecule has 0 radical (unpaired) electrons. The fourth-order valence-electron chi connectivity index (χ4n) is 3.22. The van der Waals surface area contributed by atoms with E-state index in [-0.39, 0.29) is 18.1 Å². The lowest BCUT2D eigenvalue weighted by Crippen LogP contribution is -2.33. The van der Waals surface area contributed by atoms with Gasteiger partial charge < -0.3 is 14.8 Å². The zero-order chi connectivity index (χ0) is 18.3. The third-order valence-electron chi connectivity index (χ3n) is 4.50. The highest BCUT2D eigenvalue weighted by molar-refractivity contribution is 6.35. The number of carbonyl (C=O) groups is 1. The molecule has 1 amide bonds. The number of fused-ring (bicyclic) bond motifs is 1. The van der Waals surface area contributed by atoms with Gasteiger partial charge in [-0.05, 0) is 55.7 Å². The summed E-state index contributed by atoms with van der Waals surface area (Å²) in [7, 11) is 0. The molecule has 4 rings (SSSR count). The van der Waals surface area contributed by atoms with E-state index in [1.165, 1.54) is 0 Å². The van der Waals surface area contributed by atoms with Gasteiger partial charge in [-0.2, -0.15) is 0 Å². The molecule has 0 saturated heterocycles. The first-order chi connectivity index (χ1) is 12.5. The Bertz CT molecular complexity index is 966. The molecule has 1 heterocycles. The van der Waals surface area contributed by atoms with Gasteiger partial charge in [-0.25, -0.2) is 4.98 Å². The van der Waals surface area contributed by atoms with E-state index in [9.17, 15) is 9.90 Å². The summed E-state index contributed by atoms with van der Waals surface area (Å²) in [6.07, 6.45) is 1.77. The summed E-state index contributed by atoms with van der Waals surface area (Å²) in [5.41, 5.74) is 2.31. The summed E-state index contributed by atoms with van der Waals surface area (Å²) in [6, 6.07) is 10.2. The third kappa shape index (κ3) is 3.56. The first-order valence-electron chi connectivity index (χ1n) is 8.34. The number of aliphatic hydroxyl groups excluding tert-OH is 1. The third-order valence-corrected chi connectivity index (χ3v) is 4.94. The number of oxazole rings is 1. The van der Waals surface area contributed by atoms with Crippen LogP contribution in [-0.4, -0.2) is 28.1 Å². The lowest BCUT2D eigenvalue weighted by Gasteiger charge is -2.11. The van der Waals surface area contributed by atoms with E-state index in [0.29, 0.717) is 44.6 Å². The first kappa shape index (κ1) is 17.3. The molecule has 0 bridgehead atoms. The fraction of sp³-hybridized carbons (Fsp3) is 0.263. The Balaban J connectivity index is 1.60. The van der Waals surface area contributed by atoms with Gasteiger partial charge in [-0.1, -0.05) is 23.2 Å². The predicted molar refractivity (Wildman–Crippen MR) is 101 cm³/mol. The minimum Gasteiger partial charge on any atom is -0.436 e. The smallest absolute Gasteiger partial charge is 0.251 e. The molecule has 2 atom stereocenters. The zero-order valence-corrected chi connectivity index (χ0v) is 15.2. The van der Waals surface area contributed by atoms with Gasteiger partial charge in [0.2, 0.25) is 5.89 Å². The molecule has 134 valence electrons. The van der Waals surface area contributed by atoms with Gasteiger partial charge >= 0.3 is 0 Å². The number of nitrogens with one attached hydrogen (secondary N) is 1. The van der Waals surface area contributed by atoms with Gasteiger partial charge in [0.1, 0.15) is 5.52 Å². The summed E-state index contributed by atoms with van der Waals surface area (Å²) >= 11 is 12.1. The molecule has 2 aromatic carbocycles. The van der Waals surface area contributed by atoms with E-state index in [2.05, 4.69) is 10.3 Å². The fourth-order valence-corrected chi connectivity index (χ4v) is 3.75. The van der Waals surface area contributed by atoms with Gasteiger partial charge in [-0.3, -0.25) is 4.79 Å². The van der Waals surface area contributed by atoms with E-state index in [0.717, 1.165) is 12.8 Å². The van der Waals surface area contributed by atoms with Gasteiger partial charge in [0.25, 0.3) is 5.91 Å². The number of halogens is 2. The molecule has 2 unspecified atom stereocenters. The van der Waals surface area contributed by atoms with E-state index in [1.807, 2.05) is 0 Å². The Kier molecular flexibility index (Phi) is 4.61. The normalized spacial score (nSPS) is 19.8. The number of nitrogens with zero attached hydrogens (tertiary/aromatic N) is 1. The second-order valence-electron chi connectivity index (χ2n) is 6.50. The molecule has 1 aliphatic rings. The van der Waals surface area contributed by atoms with Crippen molar-refractivity contribution in [2.24, 2.45) is 0 Å². The van der Waals surface area contributed by atoms with E-state index >= 15 is 0 Å². The van der Waals surface area contributed by atoms with Gasteiger partial charge in [0.15, 0.2) is 5.58 Å². The highest BCUT2D eigenvalue weighted by Gasteiger charge is 2.24. The molecular formula is C19H16Cl2N2O3. The molecule has 0 aliphatic heterocycles. The van der Waals surface area contributed by atoms with Crippen molar-refractivity contribution in [3.8, 4) is 11.5 Å². The highest BCUT2D eigenvalue weighted by Crippen LogP contribution is 2.29. The molecular weight excluding hydrogens is 375 g/mol. The number of benzene rings is 2. The van der Waals surface area contributed by atoms with Crippen LogP contribution < -0.4 is 5.32 Å². The van der Waals surface area contributed by atoms with E-state index < -0.39 is 0 Å². The number of aliphatic hydroxyl groups is 1. The van der Waals surface area contributed by atoms with Crippen molar-refractivity contribution in [1.82, 2.24) is 10.3 Å². The molecule has 1 saturated carbocycles. The van der Waals surface area contributed by atoms with Crippen LogP contribution in [0.1, 0.15) is 29.6 Å². The summed E-state index contributed by atoms with van der Waals surface area (Å²) in [5, 5.41) is 13.5. The van der Waals surface area contributed by atoms with Crippen molar-refractivity contribution in [1.29, 1.82) is 0 Å². The SMILES string of the molecule is O=C(NC1CCC(O)C1)c1ccc2nc(-c3cc(Cl)cc(Cl)c3)oc2c1. The van der Waals surface area contributed by atoms with Crippen LogP contribution in [0.3, 0.4) is 0 Å².